The van der Waals surface area contributed by atoms with E-state index in [1.807, 2.05) is 0 Å². The van der Waals surface area contributed by atoms with Crippen molar-refractivity contribution in [3.8, 4) is 0 Å². The standard InChI is InChI=1S/C12H21NO/c1-4-11(14)12(9-7-8-10-12)13(5-2)6-3/h4H,1,5-10H2,2-3H3. The first kappa shape index (κ1) is 11.4. The quantitative estimate of drug-likeness (QED) is 0.628. The van der Waals surface area contributed by atoms with Crippen molar-refractivity contribution in [1.82, 2.24) is 4.90 Å². The van der Waals surface area contributed by atoms with Crippen LogP contribution in [0.3, 0.4) is 0 Å². The lowest BCUT2D eigenvalue weighted by atomic mass is 9.89. The number of hydrogen-bond donors (Lipinski definition) is 0. The van der Waals surface area contributed by atoms with Crippen molar-refractivity contribution >= 4 is 5.78 Å². The second kappa shape index (κ2) is 4.74. The fourth-order valence-corrected chi connectivity index (χ4v) is 2.70. The summed E-state index contributed by atoms with van der Waals surface area (Å²) in [6, 6.07) is 0. The lowest BCUT2D eigenvalue weighted by molar-refractivity contribution is -0.126. The van der Waals surface area contributed by atoms with Crippen molar-refractivity contribution in [2.45, 2.75) is 45.1 Å². The van der Waals surface area contributed by atoms with E-state index in [4.69, 9.17) is 0 Å². The second-order valence-electron chi connectivity index (χ2n) is 3.98. The molecule has 1 fully saturated rings. The van der Waals surface area contributed by atoms with Crippen LogP contribution in [0.15, 0.2) is 12.7 Å². The van der Waals surface area contributed by atoms with Crippen LogP contribution in [0.25, 0.3) is 0 Å². The Hall–Kier alpha value is -0.630. The Labute approximate surface area is 87.0 Å². The molecule has 0 radical (unpaired) electrons. The molecule has 80 valence electrons. The fourth-order valence-electron chi connectivity index (χ4n) is 2.70. The Kier molecular flexibility index (Phi) is 3.87. The molecule has 0 spiro atoms. The average Bonchev–Trinajstić information content (AvgIpc) is 2.69. The zero-order valence-electron chi connectivity index (χ0n) is 9.38. The van der Waals surface area contributed by atoms with E-state index in [1.165, 1.54) is 18.9 Å². The summed E-state index contributed by atoms with van der Waals surface area (Å²) in [5.41, 5.74) is -0.203. The lowest BCUT2D eigenvalue weighted by Crippen LogP contribution is -2.52. The van der Waals surface area contributed by atoms with Crippen molar-refractivity contribution in [1.29, 1.82) is 0 Å². The maximum atomic E-state index is 11.9. The Bertz CT molecular complexity index is 212. The third-order valence-corrected chi connectivity index (χ3v) is 3.44. The minimum Gasteiger partial charge on any atom is -0.293 e. The van der Waals surface area contributed by atoms with Crippen LogP contribution in [0.4, 0.5) is 0 Å². The normalized spacial score (nSPS) is 19.9. The molecule has 0 unspecified atom stereocenters. The smallest absolute Gasteiger partial charge is 0.175 e. The third kappa shape index (κ3) is 1.76. The molecule has 0 aliphatic heterocycles. The molecule has 2 heteroatoms. The number of nitrogens with zero attached hydrogens (tertiary/aromatic N) is 1. The van der Waals surface area contributed by atoms with Gasteiger partial charge in [0.1, 0.15) is 0 Å². The van der Waals surface area contributed by atoms with Gasteiger partial charge in [-0.15, -0.1) is 0 Å². The molecule has 14 heavy (non-hydrogen) atoms. The summed E-state index contributed by atoms with van der Waals surface area (Å²) in [4.78, 5) is 14.2. The van der Waals surface area contributed by atoms with Crippen LogP contribution >= 0.6 is 0 Å². The molecule has 1 aliphatic rings. The number of carbonyl (C=O) groups excluding carboxylic acids is 1. The predicted octanol–water partition coefficient (Wildman–Crippen LogP) is 2.40. The first-order valence-corrected chi connectivity index (χ1v) is 5.63. The minimum absolute atomic E-state index is 0.203. The molecule has 0 atom stereocenters. The average molecular weight is 195 g/mol. The number of rotatable bonds is 5. The van der Waals surface area contributed by atoms with E-state index in [0.29, 0.717) is 0 Å². The molecule has 0 aromatic rings. The number of carbonyl (C=O) groups is 1. The zero-order chi connectivity index (χ0) is 10.6. The van der Waals surface area contributed by atoms with Gasteiger partial charge in [-0.2, -0.15) is 0 Å². The molecule has 0 aromatic carbocycles. The van der Waals surface area contributed by atoms with Crippen LogP contribution in [-0.2, 0) is 4.79 Å². The zero-order valence-corrected chi connectivity index (χ0v) is 9.38. The monoisotopic (exact) mass is 195 g/mol. The Morgan fingerprint density at radius 3 is 2.21 bits per heavy atom. The van der Waals surface area contributed by atoms with Gasteiger partial charge in [-0.05, 0) is 32.0 Å². The van der Waals surface area contributed by atoms with Crippen LogP contribution in [0, 0.1) is 0 Å². The van der Waals surface area contributed by atoms with Crippen LogP contribution < -0.4 is 0 Å². The van der Waals surface area contributed by atoms with E-state index in [2.05, 4.69) is 25.3 Å². The summed E-state index contributed by atoms with van der Waals surface area (Å²) in [7, 11) is 0. The van der Waals surface area contributed by atoms with Crippen molar-refractivity contribution in [3.05, 3.63) is 12.7 Å². The molecule has 1 rings (SSSR count). The van der Waals surface area contributed by atoms with Gasteiger partial charge in [0.2, 0.25) is 0 Å². The van der Waals surface area contributed by atoms with E-state index in [0.717, 1.165) is 25.9 Å². The van der Waals surface area contributed by atoms with E-state index in [-0.39, 0.29) is 11.3 Å². The van der Waals surface area contributed by atoms with Crippen molar-refractivity contribution in [2.75, 3.05) is 13.1 Å². The molecular weight excluding hydrogens is 174 g/mol. The van der Waals surface area contributed by atoms with Gasteiger partial charge in [0.05, 0.1) is 5.54 Å². The van der Waals surface area contributed by atoms with Gasteiger partial charge in [0.15, 0.2) is 5.78 Å². The van der Waals surface area contributed by atoms with Crippen LogP contribution in [0.5, 0.6) is 0 Å². The number of hydrogen-bond acceptors (Lipinski definition) is 2. The summed E-state index contributed by atoms with van der Waals surface area (Å²) >= 11 is 0. The highest BCUT2D eigenvalue weighted by Gasteiger charge is 2.43. The van der Waals surface area contributed by atoms with Crippen molar-refractivity contribution < 1.29 is 4.79 Å². The highest BCUT2D eigenvalue weighted by atomic mass is 16.1. The fraction of sp³-hybridized carbons (Fsp3) is 0.750. The van der Waals surface area contributed by atoms with Gasteiger partial charge >= 0.3 is 0 Å². The second-order valence-corrected chi connectivity index (χ2v) is 3.98. The topological polar surface area (TPSA) is 20.3 Å². The van der Waals surface area contributed by atoms with E-state index >= 15 is 0 Å². The summed E-state index contributed by atoms with van der Waals surface area (Å²) in [5, 5.41) is 0. The summed E-state index contributed by atoms with van der Waals surface area (Å²) < 4.78 is 0. The largest absolute Gasteiger partial charge is 0.293 e. The van der Waals surface area contributed by atoms with E-state index < -0.39 is 0 Å². The van der Waals surface area contributed by atoms with Gasteiger partial charge in [0, 0.05) is 0 Å². The summed E-state index contributed by atoms with van der Waals surface area (Å²) in [5.74, 6) is 0.221. The molecule has 1 aliphatic carbocycles. The van der Waals surface area contributed by atoms with Crippen molar-refractivity contribution in [2.24, 2.45) is 0 Å². The first-order chi connectivity index (χ1) is 6.71. The van der Waals surface area contributed by atoms with Gasteiger partial charge in [0.25, 0.3) is 0 Å². The molecule has 0 aromatic heterocycles. The minimum atomic E-state index is -0.203. The molecule has 2 nitrogen and oxygen atoms in total. The van der Waals surface area contributed by atoms with Gasteiger partial charge in [-0.1, -0.05) is 33.3 Å². The third-order valence-electron chi connectivity index (χ3n) is 3.44. The van der Waals surface area contributed by atoms with Crippen LogP contribution in [0.1, 0.15) is 39.5 Å². The maximum absolute atomic E-state index is 11.9. The maximum Gasteiger partial charge on any atom is 0.175 e. The van der Waals surface area contributed by atoms with Gasteiger partial charge in [-0.25, -0.2) is 0 Å². The first-order valence-electron chi connectivity index (χ1n) is 5.63. The van der Waals surface area contributed by atoms with E-state index in [1.54, 1.807) is 0 Å². The SMILES string of the molecule is C=CC(=O)C1(N(CC)CC)CCCC1. The van der Waals surface area contributed by atoms with Gasteiger partial charge < -0.3 is 0 Å². The highest BCUT2D eigenvalue weighted by Crippen LogP contribution is 2.36. The Balaban J connectivity index is 2.90. The predicted molar refractivity (Wildman–Crippen MR) is 59.3 cm³/mol. The summed E-state index contributed by atoms with van der Waals surface area (Å²) in [6.07, 6.45) is 5.88. The Morgan fingerprint density at radius 1 is 1.36 bits per heavy atom. The molecule has 1 saturated carbocycles. The van der Waals surface area contributed by atoms with Crippen molar-refractivity contribution in [3.63, 3.8) is 0 Å². The molecule has 0 heterocycles. The van der Waals surface area contributed by atoms with Crippen LogP contribution in [0.2, 0.25) is 0 Å². The van der Waals surface area contributed by atoms with Crippen LogP contribution in [-0.4, -0.2) is 29.3 Å². The molecule has 0 bridgehead atoms. The molecule has 0 N–H and O–H groups in total. The molecule has 0 amide bonds. The lowest BCUT2D eigenvalue weighted by Gasteiger charge is -2.38. The number of ketones is 1. The van der Waals surface area contributed by atoms with E-state index in [9.17, 15) is 4.79 Å². The molecule has 0 saturated heterocycles. The Morgan fingerprint density at radius 2 is 1.86 bits per heavy atom. The highest BCUT2D eigenvalue weighted by molar-refractivity contribution is 5.97. The summed E-state index contributed by atoms with van der Waals surface area (Å²) in [6.45, 7) is 9.78. The number of likely N-dealkylation sites (N-methyl/N-ethyl adjacent to an activating group) is 1. The van der Waals surface area contributed by atoms with Gasteiger partial charge in [-0.3, -0.25) is 9.69 Å². The molecular formula is C12H21NO.